The van der Waals surface area contributed by atoms with Gasteiger partial charge < -0.3 is 20.1 Å². The number of amides is 1. The molecule has 1 heterocycles. The zero-order chi connectivity index (χ0) is 26.0. The van der Waals surface area contributed by atoms with Gasteiger partial charge in [0.2, 0.25) is 5.91 Å². The highest BCUT2D eigenvalue weighted by Gasteiger charge is 2.42. The van der Waals surface area contributed by atoms with Crippen LogP contribution in [0.15, 0.2) is 18.2 Å². The topological polar surface area (TPSA) is 61.8 Å². The van der Waals surface area contributed by atoms with Crippen LogP contribution in [0.3, 0.4) is 0 Å². The lowest BCUT2D eigenvalue weighted by Crippen LogP contribution is -2.49. The zero-order valence-corrected chi connectivity index (χ0v) is 23.5. The fraction of sp³-hybridized carbons (Fsp3) is 0.774. The van der Waals surface area contributed by atoms with Gasteiger partial charge >= 0.3 is 0 Å². The first-order valence-corrected chi connectivity index (χ1v) is 14.6. The molecule has 1 saturated heterocycles. The van der Waals surface area contributed by atoms with Gasteiger partial charge in [-0.25, -0.2) is 0 Å². The van der Waals surface area contributed by atoms with Crippen molar-refractivity contribution in [1.29, 1.82) is 0 Å². The second-order valence-corrected chi connectivity index (χ2v) is 11.7. The lowest BCUT2D eigenvalue weighted by atomic mass is 9.72. The van der Waals surface area contributed by atoms with Crippen LogP contribution in [0.4, 0.5) is 0 Å². The molecule has 0 unspecified atom stereocenters. The van der Waals surface area contributed by atoms with E-state index >= 15 is 0 Å². The SMILES string of the molecule is CNC[C@@H](CC(=O)N1CCC[C@@H]([C@@](O)(CCCCOC)c2cccc(C)c2C)C1)CC1CCCCC1. The molecule has 5 heteroatoms. The third kappa shape index (κ3) is 7.79. The Labute approximate surface area is 220 Å². The summed E-state index contributed by atoms with van der Waals surface area (Å²) in [4.78, 5) is 15.6. The third-order valence-corrected chi connectivity index (χ3v) is 9.02. The van der Waals surface area contributed by atoms with Crippen LogP contribution < -0.4 is 5.32 Å². The standard InChI is InChI=1S/C31H52N2O3/c1-24-12-10-16-29(25(24)2)31(35,17-8-9-19-36-4)28-15-11-18-33(23-28)30(34)21-27(22-32-3)20-26-13-6-5-7-14-26/h10,12,16,26-28,32,35H,5-9,11,13-15,17-23H2,1-4H3/t27-,28-,31+/m1/s1. The molecule has 1 amide bonds. The number of carbonyl (C=O) groups excluding carboxylic acids is 1. The molecule has 1 aromatic carbocycles. The number of nitrogens with zero attached hydrogens (tertiary/aromatic N) is 1. The normalized spacial score (nSPS) is 21.8. The van der Waals surface area contributed by atoms with E-state index in [9.17, 15) is 9.90 Å². The minimum Gasteiger partial charge on any atom is -0.385 e. The first kappa shape index (κ1) is 29.1. The van der Waals surface area contributed by atoms with E-state index in [-0.39, 0.29) is 11.8 Å². The third-order valence-electron chi connectivity index (χ3n) is 9.02. The van der Waals surface area contributed by atoms with E-state index in [0.29, 0.717) is 31.9 Å². The summed E-state index contributed by atoms with van der Waals surface area (Å²) >= 11 is 0. The number of hydrogen-bond donors (Lipinski definition) is 2. The minimum absolute atomic E-state index is 0.0549. The number of aryl methyl sites for hydroxylation is 1. The summed E-state index contributed by atoms with van der Waals surface area (Å²) in [5.41, 5.74) is 2.51. The average Bonchev–Trinajstić information content (AvgIpc) is 2.89. The van der Waals surface area contributed by atoms with E-state index in [4.69, 9.17) is 4.74 Å². The summed E-state index contributed by atoms with van der Waals surface area (Å²) in [6.07, 6.45) is 13.0. The van der Waals surface area contributed by atoms with E-state index in [1.807, 2.05) is 7.05 Å². The fourth-order valence-corrected chi connectivity index (χ4v) is 6.81. The van der Waals surface area contributed by atoms with E-state index < -0.39 is 5.60 Å². The van der Waals surface area contributed by atoms with Crippen molar-refractivity contribution in [3.05, 3.63) is 34.9 Å². The number of aliphatic hydroxyl groups is 1. The number of piperidine rings is 1. The summed E-state index contributed by atoms with van der Waals surface area (Å²) in [5, 5.41) is 15.6. The smallest absolute Gasteiger partial charge is 0.222 e. The molecule has 0 spiro atoms. The molecule has 36 heavy (non-hydrogen) atoms. The number of ether oxygens (including phenoxy) is 1. The molecule has 1 saturated carbocycles. The molecule has 2 fully saturated rings. The quantitative estimate of drug-likeness (QED) is 0.339. The molecule has 5 nitrogen and oxygen atoms in total. The van der Waals surface area contributed by atoms with Gasteiger partial charge in [0, 0.05) is 39.1 Å². The zero-order valence-electron chi connectivity index (χ0n) is 23.5. The van der Waals surface area contributed by atoms with Crippen LogP contribution in [-0.2, 0) is 15.1 Å². The van der Waals surface area contributed by atoms with Crippen LogP contribution >= 0.6 is 0 Å². The van der Waals surface area contributed by atoms with Crippen molar-refractivity contribution >= 4 is 5.91 Å². The lowest BCUT2D eigenvalue weighted by Gasteiger charge is -2.44. The predicted molar refractivity (Wildman–Crippen MR) is 148 cm³/mol. The fourth-order valence-electron chi connectivity index (χ4n) is 6.81. The second-order valence-electron chi connectivity index (χ2n) is 11.7. The van der Waals surface area contributed by atoms with E-state index in [2.05, 4.69) is 42.3 Å². The highest BCUT2D eigenvalue weighted by Crippen LogP contribution is 2.42. The maximum Gasteiger partial charge on any atom is 0.222 e. The molecule has 1 aliphatic heterocycles. The maximum atomic E-state index is 13.6. The second kappa shape index (κ2) is 14.5. The van der Waals surface area contributed by atoms with Crippen LogP contribution in [0.1, 0.15) is 93.7 Å². The van der Waals surface area contributed by atoms with Gasteiger partial charge in [0.25, 0.3) is 0 Å². The van der Waals surface area contributed by atoms with Gasteiger partial charge in [-0.1, -0.05) is 50.3 Å². The first-order valence-electron chi connectivity index (χ1n) is 14.6. The number of rotatable bonds is 13. The van der Waals surface area contributed by atoms with Gasteiger partial charge in [-0.05, 0) is 94.5 Å². The van der Waals surface area contributed by atoms with Crippen LogP contribution in [0, 0.1) is 31.6 Å². The molecule has 204 valence electrons. The van der Waals surface area contributed by atoms with E-state index in [1.54, 1.807) is 7.11 Å². The average molecular weight is 501 g/mol. The highest BCUT2D eigenvalue weighted by atomic mass is 16.5. The van der Waals surface area contributed by atoms with Crippen molar-refractivity contribution in [2.75, 3.05) is 40.4 Å². The summed E-state index contributed by atoms with van der Waals surface area (Å²) in [7, 11) is 3.74. The molecule has 2 aliphatic rings. The van der Waals surface area contributed by atoms with Crippen LogP contribution in [0.25, 0.3) is 0 Å². The molecular formula is C31H52N2O3. The molecule has 0 bridgehead atoms. The van der Waals surface area contributed by atoms with E-state index in [0.717, 1.165) is 56.7 Å². The Morgan fingerprint density at radius 3 is 2.67 bits per heavy atom. The molecule has 1 aliphatic carbocycles. The number of unbranched alkanes of at least 4 members (excludes halogenated alkanes) is 1. The Kier molecular flexibility index (Phi) is 11.7. The number of benzene rings is 1. The summed E-state index contributed by atoms with van der Waals surface area (Å²) in [5.74, 6) is 1.51. The van der Waals surface area contributed by atoms with Crippen molar-refractivity contribution in [1.82, 2.24) is 10.2 Å². The van der Waals surface area contributed by atoms with E-state index in [1.165, 1.54) is 43.2 Å². The Hall–Kier alpha value is -1.43. The van der Waals surface area contributed by atoms with Crippen LogP contribution in [-0.4, -0.2) is 56.3 Å². The lowest BCUT2D eigenvalue weighted by molar-refractivity contribution is -0.138. The Bertz CT molecular complexity index is 807. The molecule has 0 aromatic heterocycles. The van der Waals surface area contributed by atoms with Gasteiger partial charge in [-0.3, -0.25) is 4.79 Å². The predicted octanol–water partition coefficient (Wildman–Crippen LogP) is 5.74. The molecule has 2 N–H and O–H groups in total. The van der Waals surface area contributed by atoms with Gasteiger partial charge in [0.05, 0.1) is 5.60 Å². The molecule has 3 rings (SSSR count). The number of likely N-dealkylation sites (tertiary alicyclic amines) is 1. The molecule has 0 radical (unpaired) electrons. The van der Waals surface area contributed by atoms with Crippen LogP contribution in [0.2, 0.25) is 0 Å². The Balaban J connectivity index is 1.72. The van der Waals surface area contributed by atoms with Crippen molar-refractivity contribution in [3.8, 4) is 0 Å². The number of hydrogen-bond acceptors (Lipinski definition) is 4. The van der Waals surface area contributed by atoms with Gasteiger partial charge in [-0.15, -0.1) is 0 Å². The number of nitrogens with one attached hydrogen (secondary N) is 1. The largest absolute Gasteiger partial charge is 0.385 e. The summed E-state index contributed by atoms with van der Waals surface area (Å²) in [6.45, 7) is 7.34. The van der Waals surface area contributed by atoms with Gasteiger partial charge in [0.15, 0.2) is 0 Å². The van der Waals surface area contributed by atoms with Crippen molar-refractivity contribution in [3.63, 3.8) is 0 Å². The summed E-state index contributed by atoms with van der Waals surface area (Å²) < 4.78 is 5.27. The monoisotopic (exact) mass is 500 g/mol. The van der Waals surface area contributed by atoms with Gasteiger partial charge in [0.1, 0.15) is 0 Å². The van der Waals surface area contributed by atoms with Crippen molar-refractivity contribution < 1.29 is 14.6 Å². The van der Waals surface area contributed by atoms with Crippen molar-refractivity contribution in [2.24, 2.45) is 17.8 Å². The Morgan fingerprint density at radius 1 is 1.17 bits per heavy atom. The molecular weight excluding hydrogens is 448 g/mol. The molecule has 1 aromatic rings. The highest BCUT2D eigenvalue weighted by molar-refractivity contribution is 5.76. The maximum absolute atomic E-state index is 13.6. The first-order chi connectivity index (χ1) is 17.4. The Morgan fingerprint density at radius 2 is 1.94 bits per heavy atom. The number of methoxy groups -OCH3 is 1. The number of carbonyl (C=O) groups is 1. The minimum atomic E-state index is -0.921. The van der Waals surface area contributed by atoms with Crippen molar-refractivity contribution in [2.45, 2.75) is 96.5 Å². The van der Waals surface area contributed by atoms with Gasteiger partial charge in [-0.2, -0.15) is 0 Å². The summed E-state index contributed by atoms with van der Waals surface area (Å²) in [6, 6.07) is 6.29. The van der Waals surface area contributed by atoms with Crippen LogP contribution in [0.5, 0.6) is 0 Å². The molecule has 3 atom stereocenters.